The fraction of sp³-hybridized carbons (Fsp3) is 0.857. The van der Waals surface area contributed by atoms with E-state index in [0.29, 0.717) is 12.5 Å². The molecule has 0 aromatic carbocycles. The van der Waals surface area contributed by atoms with Gasteiger partial charge in [0.2, 0.25) is 0 Å². The normalized spacial score (nSPS) is 13.1. The molecule has 0 aliphatic carbocycles. The van der Waals surface area contributed by atoms with Crippen molar-refractivity contribution < 1.29 is 0 Å². The van der Waals surface area contributed by atoms with Crippen molar-refractivity contribution >= 4 is 5.96 Å². The number of aliphatic imine (C=N–C) groups is 1. The summed E-state index contributed by atoms with van der Waals surface area (Å²) in [5, 5.41) is 0. The molecule has 0 saturated carbocycles. The lowest BCUT2D eigenvalue weighted by Crippen LogP contribution is -2.29. The van der Waals surface area contributed by atoms with Crippen LogP contribution in [-0.4, -0.2) is 18.5 Å². The van der Waals surface area contributed by atoms with Crippen LogP contribution in [0.3, 0.4) is 0 Å². The SMILES string of the molecule is CC(C)CC(N)CN=C(N)N. The van der Waals surface area contributed by atoms with E-state index in [1.807, 2.05) is 0 Å². The summed E-state index contributed by atoms with van der Waals surface area (Å²) < 4.78 is 0. The third kappa shape index (κ3) is 7.12. The monoisotopic (exact) mass is 158 g/mol. The van der Waals surface area contributed by atoms with Gasteiger partial charge in [-0.05, 0) is 12.3 Å². The van der Waals surface area contributed by atoms with Crippen LogP contribution in [0.25, 0.3) is 0 Å². The Hall–Kier alpha value is -0.770. The number of hydrogen-bond acceptors (Lipinski definition) is 2. The molecule has 0 aromatic heterocycles. The molecule has 6 N–H and O–H groups in total. The van der Waals surface area contributed by atoms with E-state index in [4.69, 9.17) is 17.2 Å². The highest BCUT2D eigenvalue weighted by Crippen LogP contribution is 2.02. The van der Waals surface area contributed by atoms with Crippen LogP contribution in [0.15, 0.2) is 4.99 Å². The smallest absolute Gasteiger partial charge is 0.185 e. The zero-order valence-electron chi connectivity index (χ0n) is 7.25. The molecule has 0 aliphatic heterocycles. The minimum Gasteiger partial charge on any atom is -0.370 e. The first-order valence-electron chi connectivity index (χ1n) is 3.83. The van der Waals surface area contributed by atoms with Crippen LogP contribution in [0.1, 0.15) is 20.3 Å². The van der Waals surface area contributed by atoms with Crippen molar-refractivity contribution in [3.63, 3.8) is 0 Å². The lowest BCUT2D eigenvalue weighted by molar-refractivity contribution is 0.501. The second kappa shape index (κ2) is 4.96. The summed E-state index contributed by atoms with van der Waals surface area (Å²) in [6, 6.07) is 0.0806. The number of hydrogen-bond donors (Lipinski definition) is 3. The Bertz CT molecular complexity index is 126. The van der Waals surface area contributed by atoms with E-state index in [2.05, 4.69) is 18.8 Å². The molecule has 0 radical (unpaired) electrons. The van der Waals surface area contributed by atoms with Crippen LogP contribution in [-0.2, 0) is 0 Å². The Labute approximate surface area is 67.8 Å². The summed E-state index contributed by atoms with van der Waals surface area (Å²) in [6.45, 7) is 4.77. The molecule has 0 amide bonds. The van der Waals surface area contributed by atoms with Crippen molar-refractivity contribution in [2.24, 2.45) is 28.1 Å². The molecule has 1 unspecified atom stereocenters. The maximum Gasteiger partial charge on any atom is 0.185 e. The molecular formula is C7H18N4. The fourth-order valence-corrected chi connectivity index (χ4v) is 0.903. The minimum atomic E-state index is 0.0806. The van der Waals surface area contributed by atoms with Crippen molar-refractivity contribution in [2.45, 2.75) is 26.3 Å². The van der Waals surface area contributed by atoms with E-state index in [9.17, 15) is 0 Å². The lowest BCUT2D eigenvalue weighted by Gasteiger charge is -2.10. The van der Waals surface area contributed by atoms with Crippen molar-refractivity contribution in [3.05, 3.63) is 0 Å². The van der Waals surface area contributed by atoms with E-state index in [1.54, 1.807) is 0 Å². The van der Waals surface area contributed by atoms with E-state index >= 15 is 0 Å². The Morgan fingerprint density at radius 2 is 1.91 bits per heavy atom. The van der Waals surface area contributed by atoms with Crippen LogP contribution >= 0.6 is 0 Å². The van der Waals surface area contributed by atoms with Crippen LogP contribution in [0.2, 0.25) is 0 Å². The predicted octanol–water partition coefficient (Wildman–Crippen LogP) is -0.367. The van der Waals surface area contributed by atoms with Crippen LogP contribution in [0.4, 0.5) is 0 Å². The van der Waals surface area contributed by atoms with Gasteiger partial charge < -0.3 is 17.2 Å². The first kappa shape index (κ1) is 10.2. The average Bonchev–Trinajstić information content (AvgIpc) is 1.82. The molecule has 0 rings (SSSR count). The average molecular weight is 158 g/mol. The summed E-state index contributed by atoms with van der Waals surface area (Å²) in [7, 11) is 0. The molecule has 4 nitrogen and oxygen atoms in total. The number of guanidine groups is 1. The largest absolute Gasteiger partial charge is 0.370 e. The minimum absolute atomic E-state index is 0.0806. The molecule has 0 bridgehead atoms. The Balaban J connectivity index is 3.53. The highest BCUT2D eigenvalue weighted by molar-refractivity contribution is 5.75. The van der Waals surface area contributed by atoms with Crippen molar-refractivity contribution in [2.75, 3.05) is 6.54 Å². The molecule has 0 heterocycles. The van der Waals surface area contributed by atoms with Gasteiger partial charge in [0.05, 0.1) is 6.54 Å². The quantitative estimate of drug-likeness (QED) is 0.385. The van der Waals surface area contributed by atoms with Gasteiger partial charge in [0, 0.05) is 6.04 Å². The number of rotatable bonds is 4. The predicted molar refractivity (Wildman–Crippen MR) is 48.1 cm³/mol. The van der Waals surface area contributed by atoms with Gasteiger partial charge in [-0.2, -0.15) is 0 Å². The number of nitrogens with two attached hydrogens (primary N) is 3. The molecule has 1 atom stereocenters. The molecule has 0 saturated heterocycles. The topological polar surface area (TPSA) is 90.4 Å². The molecule has 4 heteroatoms. The van der Waals surface area contributed by atoms with Gasteiger partial charge in [0.25, 0.3) is 0 Å². The summed E-state index contributed by atoms with van der Waals surface area (Å²) in [5.74, 6) is 0.711. The van der Waals surface area contributed by atoms with Crippen LogP contribution in [0, 0.1) is 5.92 Å². The second-order valence-electron chi connectivity index (χ2n) is 3.16. The third-order valence-corrected chi connectivity index (χ3v) is 1.28. The van der Waals surface area contributed by atoms with Gasteiger partial charge >= 0.3 is 0 Å². The second-order valence-corrected chi connectivity index (χ2v) is 3.16. The van der Waals surface area contributed by atoms with E-state index < -0.39 is 0 Å². The fourth-order valence-electron chi connectivity index (χ4n) is 0.903. The van der Waals surface area contributed by atoms with Crippen molar-refractivity contribution in [1.29, 1.82) is 0 Å². The molecular weight excluding hydrogens is 140 g/mol. The van der Waals surface area contributed by atoms with Gasteiger partial charge in [-0.15, -0.1) is 0 Å². The van der Waals surface area contributed by atoms with Crippen molar-refractivity contribution in [1.82, 2.24) is 0 Å². The molecule has 11 heavy (non-hydrogen) atoms. The summed E-state index contributed by atoms with van der Waals surface area (Å²) in [4.78, 5) is 3.82. The van der Waals surface area contributed by atoms with Crippen LogP contribution in [0.5, 0.6) is 0 Å². The molecule has 66 valence electrons. The first-order chi connectivity index (χ1) is 5.02. The maximum absolute atomic E-state index is 5.70. The van der Waals surface area contributed by atoms with Crippen molar-refractivity contribution in [3.8, 4) is 0 Å². The molecule has 0 fully saturated rings. The molecule has 0 aromatic rings. The maximum atomic E-state index is 5.70. The standard InChI is InChI=1S/C7H18N4/c1-5(2)3-6(8)4-11-7(9)10/h5-6H,3-4,8H2,1-2H3,(H4,9,10,11). The Morgan fingerprint density at radius 3 is 2.27 bits per heavy atom. The highest BCUT2D eigenvalue weighted by Gasteiger charge is 2.03. The summed E-state index contributed by atoms with van der Waals surface area (Å²) in [5.41, 5.74) is 16.0. The van der Waals surface area contributed by atoms with Gasteiger partial charge in [-0.1, -0.05) is 13.8 Å². The van der Waals surface area contributed by atoms with Gasteiger partial charge in [-0.3, -0.25) is 4.99 Å². The van der Waals surface area contributed by atoms with E-state index in [0.717, 1.165) is 6.42 Å². The first-order valence-corrected chi connectivity index (χ1v) is 3.83. The summed E-state index contributed by atoms with van der Waals surface area (Å²) >= 11 is 0. The van der Waals surface area contributed by atoms with E-state index in [1.165, 1.54) is 0 Å². The number of nitrogens with zero attached hydrogens (tertiary/aromatic N) is 1. The Morgan fingerprint density at radius 1 is 1.36 bits per heavy atom. The summed E-state index contributed by atoms with van der Waals surface area (Å²) in [6.07, 6.45) is 0.955. The Kier molecular flexibility index (Phi) is 4.61. The third-order valence-electron chi connectivity index (χ3n) is 1.28. The van der Waals surface area contributed by atoms with Gasteiger partial charge in [0.1, 0.15) is 0 Å². The highest BCUT2D eigenvalue weighted by atomic mass is 15.0. The van der Waals surface area contributed by atoms with E-state index in [-0.39, 0.29) is 12.0 Å². The zero-order valence-corrected chi connectivity index (χ0v) is 7.25. The molecule has 0 spiro atoms. The van der Waals surface area contributed by atoms with Crippen LogP contribution < -0.4 is 17.2 Å². The van der Waals surface area contributed by atoms with Gasteiger partial charge in [0.15, 0.2) is 5.96 Å². The lowest BCUT2D eigenvalue weighted by atomic mass is 10.1. The zero-order chi connectivity index (χ0) is 8.85. The van der Waals surface area contributed by atoms with Gasteiger partial charge in [-0.25, -0.2) is 0 Å². The molecule has 0 aliphatic rings.